The average Bonchev–Trinajstić information content (AvgIpc) is 2.90. The Hall–Kier alpha value is -1.48. The fraction of sp³-hybridized carbons (Fsp3) is 0.529. The second-order valence-corrected chi connectivity index (χ2v) is 5.88. The Morgan fingerprint density at radius 3 is 2.80 bits per heavy atom. The molecule has 1 aromatic heterocycles. The summed E-state index contributed by atoms with van der Waals surface area (Å²) in [6.07, 6.45) is 7.39. The Morgan fingerprint density at radius 2 is 2.05 bits per heavy atom. The molecule has 108 valence electrons. The van der Waals surface area contributed by atoms with Gasteiger partial charge in [-0.2, -0.15) is 0 Å². The van der Waals surface area contributed by atoms with Crippen molar-refractivity contribution in [2.75, 3.05) is 20.2 Å². The number of aromatic nitrogens is 1. The SMILES string of the molecule is COc1ccc2c(CC(C)N3CCCCC3)c[nH]c2c1. The van der Waals surface area contributed by atoms with Crippen LogP contribution in [0.15, 0.2) is 24.4 Å². The Bertz CT molecular complexity index is 569. The lowest BCUT2D eigenvalue weighted by molar-refractivity contribution is 0.173. The van der Waals surface area contributed by atoms with Crippen LogP contribution in [0.25, 0.3) is 10.9 Å². The summed E-state index contributed by atoms with van der Waals surface area (Å²) < 4.78 is 5.28. The maximum absolute atomic E-state index is 5.28. The van der Waals surface area contributed by atoms with E-state index in [-0.39, 0.29) is 0 Å². The monoisotopic (exact) mass is 272 g/mol. The maximum atomic E-state index is 5.28. The molecule has 1 fully saturated rings. The number of piperidine rings is 1. The van der Waals surface area contributed by atoms with E-state index in [2.05, 4.69) is 35.1 Å². The maximum Gasteiger partial charge on any atom is 0.120 e. The predicted octanol–water partition coefficient (Wildman–Crippen LogP) is 3.59. The summed E-state index contributed by atoms with van der Waals surface area (Å²) >= 11 is 0. The van der Waals surface area contributed by atoms with E-state index in [1.54, 1.807) is 7.11 Å². The van der Waals surface area contributed by atoms with Crippen LogP contribution in [0.2, 0.25) is 0 Å². The lowest BCUT2D eigenvalue weighted by Crippen LogP contribution is -2.38. The molecule has 0 saturated carbocycles. The normalized spacial score (nSPS) is 18.3. The summed E-state index contributed by atoms with van der Waals surface area (Å²) in [6.45, 7) is 4.88. The van der Waals surface area contributed by atoms with Gasteiger partial charge in [-0.15, -0.1) is 0 Å². The van der Waals surface area contributed by atoms with Gasteiger partial charge in [-0.05, 0) is 57.0 Å². The van der Waals surface area contributed by atoms with Gasteiger partial charge in [-0.25, -0.2) is 0 Å². The fourth-order valence-corrected chi connectivity index (χ4v) is 3.27. The molecule has 1 atom stereocenters. The minimum absolute atomic E-state index is 0.622. The summed E-state index contributed by atoms with van der Waals surface area (Å²) in [6, 6.07) is 6.91. The number of nitrogens with zero attached hydrogens (tertiary/aromatic N) is 1. The molecule has 1 aromatic carbocycles. The van der Waals surface area contributed by atoms with E-state index < -0.39 is 0 Å². The van der Waals surface area contributed by atoms with Crippen LogP contribution in [0.5, 0.6) is 5.75 Å². The zero-order valence-corrected chi connectivity index (χ0v) is 12.5. The molecule has 3 heteroatoms. The number of benzene rings is 1. The van der Waals surface area contributed by atoms with Crippen molar-refractivity contribution in [2.24, 2.45) is 0 Å². The number of nitrogens with one attached hydrogen (secondary N) is 1. The van der Waals surface area contributed by atoms with Crippen LogP contribution in [0.1, 0.15) is 31.7 Å². The number of methoxy groups -OCH3 is 1. The first-order valence-electron chi connectivity index (χ1n) is 7.66. The van der Waals surface area contributed by atoms with Crippen LogP contribution < -0.4 is 4.74 Å². The zero-order valence-electron chi connectivity index (χ0n) is 12.5. The van der Waals surface area contributed by atoms with Crippen LogP contribution in [0.3, 0.4) is 0 Å². The molecule has 0 spiro atoms. The molecule has 3 rings (SSSR count). The third-order valence-corrected chi connectivity index (χ3v) is 4.50. The van der Waals surface area contributed by atoms with Gasteiger partial charge < -0.3 is 14.6 Å². The van der Waals surface area contributed by atoms with Crippen LogP contribution in [0.4, 0.5) is 0 Å². The lowest BCUT2D eigenvalue weighted by Gasteiger charge is -2.32. The van der Waals surface area contributed by atoms with E-state index in [1.165, 1.54) is 48.8 Å². The predicted molar refractivity (Wildman–Crippen MR) is 83.4 cm³/mol. The number of aromatic amines is 1. The summed E-state index contributed by atoms with van der Waals surface area (Å²) in [5.74, 6) is 0.912. The van der Waals surface area contributed by atoms with Crippen molar-refractivity contribution < 1.29 is 4.74 Å². The molecule has 3 nitrogen and oxygen atoms in total. The minimum Gasteiger partial charge on any atom is -0.497 e. The van der Waals surface area contributed by atoms with E-state index >= 15 is 0 Å². The van der Waals surface area contributed by atoms with Crippen molar-refractivity contribution in [3.63, 3.8) is 0 Å². The van der Waals surface area contributed by atoms with E-state index in [0.717, 1.165) is 12.2 Å². The number of likely N-dealkylation sites (tertiary alicyclic amines) is 1. The number of hydrogen-bond acceptors (Lipinski definition) is 2. The number of ether oxygens (including phenoxy) is 1. The third-order valence-electron chi connectivity index (χ3n) is 4.50. The van der Waals surface area contributed by atoms with Gasteiger partial charge >= 0.3 is 0 Å². The van der Waals surface area contributed by atoms with Crippen LogP contribution in [-0.4, -0.2) is 36.1 Å². The molecule has 1 aliphatic rings. The first kappa shape index (κ1) is 13.5. The second-order valence-electron chi connectivity index (χ2n) is 5.88. The topological polar surface area (TPSA) is 28.3 Å². The molecule has 1 saturated heterocycles. The van der Waals surface area contributed by atoms with Gasteiger partial charge in [0.05, 0.1) is 7.11 Å². The summed E-state index contributed by atoms with van der Waals surface area (Å²) in [4.78, 5) is 6.00. The average molecular weight is 272 g/mol. The number of fused-ring (bicyclic) bond motifs is 1. The molecule has 0 aliphatic carbocycles. The summed E-state index contributed by atoms with van der Waals surface area (Å²) in [7, 11) is 1.71. The molecule has 1 aliphatic heterocycles. The Kier molecular flexibility index (Phi) is 3.97. The van der Waals surface area contributed by atoms with Gasteiger partial charge in [-0.3, -0.25) is 0 Å². The Morgan fingerprint density at radius 1 is 1.25 bits per heavy atom. The van der Waals surface area contributed by atoms with Crippen LogP contribution in [-0.2, 0) is 6.42 Å². The van der Waals surface area contributed by atoms with Crippen molar-refractivity contribution in [1.29, 1.82) is 0 Å². The lowest BCUT2D eigenvalue weighted by atomic mass is 10.0. The van der Waals surface area contributed by atoms with Gasteiger partial charge in [0.25, 0.3) is 0 Å². The van der Waals surface area contributed by atoms with Gasteiger partial charge in [-0.1, -0.05) is 6.42 Å². The molecule has 0 radical (unpaired) electrons. The summed E-state index contributed by atoms with van der Waals surface area (Å²) in [5, 5.41) is 1.33. The van der Waals surface area contributed by atoms with Gasteiger partial charge in [0.1, 0.15) is 5.75 Å². The minimum atomic E-state index is 0.622. The molecular formula is C17H24N2O. The molecule has 0 amide bonds. The highest BCUT2D eigenvalue weighted by Crippen LogP contribution is 2.25. The molecule has 2 aromatic rings. The first-order valence-corrected chi connectivity index (χ1v) is 7.66. The van der Waals surface area contributed by atoms with E-state index in [0.29, 0.717) is 6.04 Å². The van der Waals surface area contributed by atoms with Crippen molar-refractivity contribution in [1.82, 2.24) is 9.88 Å². The quantitative estimate of drug-likeness (QED) is 0.921. The highest BCUT2D eigenvalue weighted by atomic mass is 16.5. The third kappa shape index (κ3) is 2.68. The van der Waals surface area contributed by atoms with Crippen molar-refractivity contribution in [2.45, 2.75) is 38.6 Å². The van der Waals surface area contributed by atoms with Gasteiger partial charge in [0.15, 0.2) is 0 Å². The van der Waals surface area contributed by atoms with Gasteiger partial charge in [0, 0.05) is 29.2 Å². The second kappa shape index (κ2) is 5.88. The number of hydrogen-bond donors (Lipinski definition) is 1. The highest BCUT2D eigenvalue weighted by molar-refractivity contribution is 5.84. The van der Waals surface area contributed by atoms with E-state index in [1.807, 2.05) is 6.07 Å². The van der Waals surface area contributed by atoms with Crippen LogP contribution >= 0.6 is 0 Å². The Balaban J connectivity index is 1.76. The van der Waals surface area contributed by atoms with Crippen LogP contribution in [0, 0.1) is 0 Å². The van der Waals surface area contributed by atoms with Crippen molar-refractivity contribution in [3.05, 3.63) is 30.0 Å². The highest BCUT2D eigenvalue weighted by Gasteiger charge is 2.18. The van der Waals surface area contributed by atoms with Gasteiger partial charge in [0.2, 0.25) is 0 Å². The molecule has 2 heterocycles. The molecule has 20 heavy (non-hydrogen) atoms. The van der Waals surface area contributed by atoms with E-state index in [4.69, 9.17) is 4.74 Å². The molecule has 1 N–H and O–H groups in total. The smallest absolute Gasteiger partial charge is 0.120 e. The number of H-pyrrole nitrogens is 1. The number of rotatable bonds is 4. The Labute approximate surface area is 120 Å². The van der Waals surface area contributed by atoms with Crippen molar-refractivity contribution >= 4 is 10.9 Å². The molecule has 1 unspecified atom stereocenters. The molecular weight excluding hydrogens is 248 g/mol. The van der Waals surface area contributed by atoms with E-state index in [9.17, 15) is 0 Å². The largest absolute Gasteiger partial charge is 0.497 e. The fourth-order valence-electron chi connectivity index (χ4n) is 3.27. The standard InChI is InChI=1S/C17H24N2O/c1-13(19-8-4-3-5-9-19)10-14-12-18-17-11-15(20-2)6-7-16(14)17/h6-7,11-13,18H,3-5,8-10H2,1-2H3. The molecule has 0 bridgehead atoms. The first-order chi connectivity index (χ1) is 9.78. The summed E-state index contributed by atoms with van der Waals surface area (Å²) in [5.41, 5.74) is 2.59. The van der Waals surface area contributed by atoms with Crippen molar-refractivity contribution in [3.8, 4) is 5.75 Å². The zero-order chi connectivity index (χ0) is 13.9.